The number of nitrogens with zero attached hydrogens (tertiary/aromatic N) is 2. The Kier molecular flexibility index (Phi) is 11.4. The van der Waals surface area contributed by atoms with Crippen LogP contribution in [0.2, 0.25) is 0 Å². The number of likely N-dealkylation sites (tertiary alicyclic amines) is 1. The Morgan fingerprint density at radius 2 is 1.84 bits per heavy atom. The molecule has 0 aliphatic carbocycles. The highest BCUT2D eigenvalue weighted by Gasteiger charge is 2.23. The molecular weight excluding hydrogens is 466 g/mol. The van der Waals surface area contributed by atoms with Gasteiger partial charge in [0.1, 0.15) is 0 Å². The summed E-state index contributed by atoms with van der Waals surface area (Å²) in [6, 6.07) is 15.2. The molecule has 0 aromatic heterocycles. The number of nitriles is 1. The number of methoxy groups -OCH3 is 1. The molecule has 1 heterocycles. The number of carbonyl (C=O) groups excluding carboxylic acids is 2. The van der Waals surface area contributed by atoms with Crippen LogP contribution in [0.3, 0.4) is 0 Å². The lowest BCUT2D eigenvalue weighted by molar-refractivity contribution is 0.0600. The monoisotopic (exact) mass is 505 g/mol. The van der Waals surface area contributed by atoms with Gasteiger partial charge in [0.2, 0.25) is 0 Å². The van der Waals surface area contributed by atoms with Crippen LogP contribution in [0, 0.1) is 17.2 Å². The number of hydrogen-bond acceptors (Lipinski definition) is 6. The number of carbonyl (C=O) groups is 2. The first kappa shape index (κ1) is 28.2. The van der Waals surface area contributed by atoms with Gasteiger partial charge in [-0.25, -0.2) is 9.59 Å². The van der Waals surface area contributed by atoms with Gasteiger partial charge in [0, 0.05) is 19.6 Å². The molecule has 2 aromatic carbocycles. The van der Waals surface area contributed by atoms with Gasteiger partial charge in [0.25, 0.3) is 0 Å². The molecule has 0 atom stereocenters. The summed E-state index contributed by atoms with van der Waals surface area (Å²) in [7, 11) is 1.37. The fourth-order valence-electron chi connectivity index (χ4n) is 4.66. The Hall–Kier alpha value is -3.37. The molecule has 0 bridgehead atoms. The second-order valence-electron chi connectivity index (χ2n) is 9.69. The van der Waals surface area contributed by atoms with Gasteiger partial charge >= 0.3 is 12.1 Å². The summed E-state index contributed by atoms with van der Waals surface area (Å²) < 4.78 is 10.4. The second kappa shape index (κ2) is 15.0. The number of unbranched alkanes of at least 4 members (excludes halogenated alkanes) is 4. The first-order chi connectivity index (χ1) is 18.0. The van der Waals surface area contributed by atoms with E-state index in [4.69, 9.17) is 9.47 Å². The standard InChI is InChI=1S/C30H39N3O4/c1-3-4-5-6-7-15-37-30(35)33-13-11-23(12-14-33)21-32-22-25-17-27(19-28(18-25)29(34)36-2)26-10-8-9-24(16-26)20-31/h8-10,16-19,23,32H,3-7,11-15,21-22H2,1-2H3. The number of ether oxygens (including phenoxy) is 2. The Bertz CT molecular complexity index is 1070. The van der Waals surface area contributed by atoms with E-state index < -0.39 is 0 Å². The van der Waals surface area contributed by atoms with Crippen LogP contribution >= 0.6 is 0 Å². The highest BCUT2D eigenvalue weighted by Crippen LogP contribution is 2.24. The van der Waals surface area contributed by atoms with Crippen molar-refractivity contribution in [1.29, 1.82) is 5.26 Å². The van der Waals surface area contributed by atoms with Crippen LogP contribution in [0.5, 0.6) is 0 Å². The zero-order valence-corrected chi connectivity index (χ0v) is 22.1. The Morgan fingerprint density at radius 1 is 1.05 bits per heavy atom. The van der Waals surface area contributed by atoms with E-state index in [0.29, 0.717) is 30.2 Å². The molecular formula is C30H39N3O4. The van der Waals surface area contributed by atoms with Crippen molar-refractivity contribution in [3.05, 3.63) is 59.2 Å². The smallest absolute Gasteiger partial charge is 0.409 e. The Morgan fingerprint density at radius 3 is 2.57 bits per heavy atom. The molecule has 37 heavy (non-hydrogen) atoms. The van der Waals surface area contributed by atoms with E-state index in [1.54, 1.807) is 12.1 Å². The first-order valence-electron chi connectivity index (χ1n) is 13.4. The molecule has 3 rings (SSSR count). The first-order valence-corrected chi connectivity index (χ1v) is 13.4. The maximum absolute atomic E-state index is 12.3. The van der Waals surface area contributed by atoms with Crippen molar-refractivity contribution in [2.75, 3.05) is 33.4 Å². The van der Waals surface area contributed by atoms with Crippen LogP contribution in [0.15, 0.2) is 42.5 Å². The Labute approximate surface area is 220 Å². The fraction of sp³-hybridized carbons (Fsp3) is 0.500. The SMILES string of the molecule is CCCCCCCOC(=O)N1CCC(CNCc2cc(C(=O)OC)cc(-c3cccc(C#N)c3)c2)CC1. The van der Waals surface area contributed by atoms with Gasteiger partial charge in [-0.3, -0.25) is 0 Å². The number of benzene rings is 2. The van der Waals surface area contributed by atoms with Crippen molar-refractivity contribution in [2.45, 2.75) is 58.4 Å². The average molecular weight is 506 g/mol. The zero-order valence-electron chi connectivity index (χ0n) is 22.1. The van der Waals surface area contributed by atoms with E-state index in [0.717, 1.165) is 62.0 Å². The van der Waals surface area contributed by atoms with E-state index >= 15 is 0 Å². The molecule has 1 aliphatic heterocycles. The number of nitrogens with one attached hydrogen (secondary N) is 1. The highest BCUT2D eigenvalue weighted by molar-refractivity contribution is 5.91. The molecule has 0 unspecified atom stereocenters. The van der Waals surface area contributed by atoms with Gasteiger partial charge < -0.3 is 19.7 Å². The van der Waals surface area contributed by atoms with Crippen molar-refractivity contribution < 1.29 is 19.1 Å². The van der Waals surface area contributed by atoms with Gasteiger partial charge in [-0.15, -0.1) is 0 Å². The van der Waals surface area contributed by atoms with Gasteiger partial charge in [-0.2, -0.15) is 5.26 Å². The predicted molar refractivity (Wildman–Crippen MR) is 144 cm³/mol. The number of piperidine rings is 1. The van der Waals surface area contributed by atoms with Crippen LogP contribution in [0.4, 0.5) is 4.79 Å². The van der Waals surface area contributed by atoms with E-state index in [1.165, 1.54) is 26.4 Å². The van der Waals surface area contributed by atoms with Crippen molar-refractivity contribution in [1.82, 2.24) is 10.2 Å². The molecule has 7 heteroatoms. The van der Waals surface area contributed by atoms with E-state index in [1.807, 2.05) is 35.2 Å². The predicted octanol–water partition coefficient (Wildman–Crippen LogP) is 5.92. The summed E-state index contributed by atoms with van der Waals surface area (Å²) in [5.74, 6) is 0.0911. The highest BCUT2D eigenvalue weighted by atomic mass is 16.6. The number of esters is 1. The maximum atomic E-state index is 12.3. The molecule has 0 spiro atoms. The molecule has 1 aliphatic rings. The quantitative estimate of drug-likeness (QED) is 0.284. The summed E-state index contributed by atoms with van der Waals surface area (Å²) in [5.41, 5.74) is 3.78. The Balaban J connectivity index is 1.48. The summed E-state index contributed by atoms with van der Waals surface area (Å²) in [6.07, 6.45) is 7.40. The van der Waals surface area contributed by atoms with Crippen molar-refractivity contribution >= 4 is 12.1 Å². The molecule has 198 valence electrons. The number of hydrogen-bond donors (Lipinski definition) is 1. The summed E-state index contributed by atoms with van der Waals surface area (Å²) in [5, 5.41) is 12.8. The second-order valence-corrected chi connectivity index (χ2v) is 9.69. The van der Waals surface area contributed by atoms with Crippen LogP contribution in [-0.4, -0.2) is 50.3 Å². The van der Waals surface area contributed by atoms with Crippen LogP contribution in [0.25, 0.3) is 11.1 Å². The normalized spacial score (nSPS) is 13.7. The lowest BCUT2D eigenvalue weighted by Gasteiger charge is -2.31. The molecule has 7 nitrogen and oxygen atoms in total. The lowest BCUT2D eigenvalue weighted by Crippen LogP contribution is -2.41. The van der Waals surface area contributed by atoms with Crippen molar-refractivity contribution in [3.63, 3.8) is 0 Å². The lowest BCUT2D eigenvalue weighted by atomic mass is 9.96. The average Bonchev–Trinajstić information content (AvgIpc) is 2.94. The molecule has 1 amide bonds. The van der Waals surface area contributed by atoms with Crippen molar-refractivity contribution in [3.8, 4) is 17.2 Å². The third-order valence-corrected chi connectivity index (χ3v) is 6.85. The summed E-state index contributed by atoms with van der Waals surface area (Å²) >= 11 is 0. The van der Waals surface area contributed by atoms with Gasteiger partial charge in [-0.05, 0) is 78.7 Å². The third-order valence-electron chi connectivity index (χ3n) is 6.85. The largest absolute Gasteiger partial charge is 0.465 e. The van der Waals surface area contributed by atoms with Crippen LogP contribution in [-0.2, 0) is 16.0 Å². The third kappa shape index (κ3) is 8.91. The zero-order chi connectivity index (χ0) is 26.5. The molecule has 1 fully saturated rings. The molecule has 2 aromatic rings. The van der Waals surface area contributed by atoms with E-state index in [9.17, 15) is 14.9 Å². The minimum atomic E-state index is -0.389. The molecule has 0 saturated carbocycles. The van der Waals surface area contributed by atoms with Crippen molar-refractivity contribution in [2.24, 2.45) is 5.92 Å². The molecule has 0 radical (unpaired) electrons. The molecule has 1 saturated heterocycles. The van der Waals surface area contributed by atoms with Gasteiger partial charge in [-0.1, -0.05) is 44.7 Å². The summed E-state index contributed by atoms with van der Waals surface area (Å²) in [6.45, 7) is 5.59. The molecule has 1 N–H and O–H groups in total. The number of amides is 1. The summed E-state index contributed by atoms with van der Waals surface area (Å²) in [4.78, 5) is 26.4. The fourth-order valence-corrected chi connectivity index (χ4v) is 4.66. The van der Waals surface area contributed by atoms with Gasteiger partial charge in [0.15, 0.2) is 0 Å². The van der Waals surface area contributed by atoms with E-state index in [2.05, 4.69) is 18.3 Å². The topological polar surface area (TPSA) is 91.7 Å². The van der Waals surface area contributed by atoms with Gasteiger partial charge in [0.05, 0.1) is 30.9 Å². The van der Waals surface area contributed by atoms with Crippen LogP contribution in [0.1, 0.15) is 73.4 Å². The van der Waals surface area contributed by atoms with E-state index in [-0.39, 0.29) is 12.1 Å². The number of rotatable bonds is 12. The minimum absolute atomic E-state index is 0.186. The van der Waals surface area contributed by atoms with Crippen LogP contribution < -0.4 is 5.32 Å². The maximum Gasteiger partial charge on any atom is 0.409 e. The minimum Gasteiger partial charge on any atom is -0.465 e.